The van der Waals surface area contributed by atoms with Crippen LogP contribution in [0.2, 0.25) is 6.55 Å². The van der Waals surface area contributed by atoms with Gasteiger partial charge < -0.3 is 14.4 Å². The first kappa shape index (κ1) is 28.3. The minimum atomic E-state index is -2.54. The molecule has 0 spiro atoms. The van der Waals surface area contributed by atoms with Gasteiger partial charge in [0.1, 0.15) is 32.3 Å². The van der Waals surface area contributed by atoms with E-state index >= 15 is 0 Å². The molecular weight excluding hydrogens is 550 g/mol. The van der Waals surface area contributed by atoms with Crippen molar-refractivity contribution in [3.8, 4) is 11.5 Å². The van der Waals surface area contributed by atoms with Crippen LogP contribution in [0.1, 0.15) is 41.3 Å². The largest absolute Gasteiger partial charge is 0.496 e. The molecule has 8 heteroatoms. The zero-order valence-corrected chi connectivity index (χ0v) is 25.7. The molecule has 2 aromatic rings. The normalized spacial score (nSPS) is 26.6. The number of benzene rings is 2. The summed E-state index contributed by atoms with van der Waals surface area (Å²) in [7, 11) is 0.659. The van der Waals surface area contributed by atoms with Crippen LogP contribution in [0.5, 0.6) is 11.5 Å². The number of hydrogen-bond acceptors (Lipinski definition) is 4. The van der Waals surface area contributed by atoms with Crippen LogP contribution in [0.15, 0.2) is 71.6 Å². The van der Waals surface area contributed by atoms with Crippen LogP contribution < -0.4 is 19.6 Å². The molecule has 218 valence electrons. The summed E-state index contributed by atoms with van der Waals surface area (Å²) in [6.07, 6.45) is 5.81. The molecular formula is C34H37F2N2O3Si+. The average Bonchev–Trinajstić information content (AvgIpc) is 3.64. The molecule has 3 atom stereocenters. The maximum atomic E-state index is 14.2. The molecule has 4 aliphatic rings. The second-order valence-corrected chi connectivity index (χ2v) is 15.6. The predicted molar refractivity (Wildman–Crippen MR) is 167 cm³/mol. The Hall–Kier alpha value is -3.78. The second kappa shape index (κ2) is 10.8. The monoisotopic (exact) mass is 587 g/mol. The van der Waals surface area contributed by atoms with Crippen molar-refractivity contribution in [1.29, 1.82) is 0 Å². The van der Waals surface area contributed by atoms with Gasteiger partial charge in [0.05, 0.1) is 19.8 Å². The van der Waals surface area contributed by atoms with Gasteiger partial charge in [0.15, 0.2) is 24.2 Å². The van der Waals surface area contributed by atoms with Crippen molar-refractivity contribution in [2.75, 3.05) is 45.3 Å². The molecule has 3 unspecified atom stereocenters. The van der Waals surface area contributed by atoms with E-state index in [9.17, 15) is 13.6 Å². The molecule has 0 bridgehead atoms. The van der Waals surface area contributed by atoms with Gasteiger partial charge in [0.25, 0.3) is 0 Å². The molecule has 1 aliphatic carbocycles. The number of Topliss-reactive ketones (excluding diaryl/α,β-unsaturated/α-hetero) is 1. The molecule has 0 amide bonds. The summed E-state index contributed by atoms with van der Waals surface area (Å²) in [6, 6.07) is 9.95. The highest BCUT2D eigenvalue weighted by Crippen LogP contribution is 2.48. The zero-order valence-electron chi connectivity index (χ0n) is 24.7. The molecule has 5 nitrogen and oxygen atoms in total. The maximum absolute atomic E-state index is 14.2. The predicted octanol–water partition coefficient (Wildman–Crippen LogP) is 5.51. The number of hydrogen-bond donors (Lipinski definition) is 0. The summed E-state index contributed by atoms with van der Waals surface area (Å²) in [5.41, 5.74) is 8.41. The lowest BCUT2D eigenvalue weighted by Gasteiger charge is -2.39. The van der Waals surface area contributed by atoms with Crippen LogP contribution in [0, 0.1) is 0 Å². The van der Waals surface area contributed by atoms with E-state index in [2.05, 4.69) is 64.7 Å². The standard InChI is InChI=1S/C34H37F2N2O3Si/c1-6-42(5)31-17-25(37-13-11-23(35)19-37)7-9-27(31)33(34-29(40-3)15-22(21(2)39)16-30(34)41-4)28-10-8-26(18-32(28)42)38-14-12-24(36)20-38/h6-10,15-18,23-24H,1,11-14,19-20H2,2-5H3/q+1. The van der Waals surface area contributed by atoms with Crippen molar-refractivity contribution >= 4 is 36.0 Å². The Kier molecular flexibility index (Phi) is 7.29. The van der Waals surface area contributed by atoms with E-state index < -0.39 is 20.4 Å². The number of fused-ring (bicyclic) bond motifs is 2. The number of methoxy groups -OCH3 is 2. The number of alkyl halides is 2. The number of halogens is 2. The number of nitrogens with zero attached hydrogens (tertiary/aromatic N) is 2. The molecule has 0 aromatic heterocycles. The van der Waals surface area contributed by atoms with Gasteiger partial charge in [-0.05, 0) is 65.2 Å². The number of anilines is 1. The Balaban J connectivity index is 1.66. The maximum Gasteiger partial charge on any atom is 0.199 e. The summed E-state index contributed by atoms with van der Waals surface area (Å²) in [5.74, 6) is 1.01. The third-order valence-corrected chi connectivity index (χ3v) is 13.1. The van der Waals surface area contributed by atoms with Crippen LogP contribution in [0.3, 0.4) is 0 Å². The van der Waals surface area contributed by atoms with Crippen LogP contribution in [-0.2, 0) is 0 Å². The topological polar surface area (TPSA) is 41.8 Å². The van der Waals surface area contributed by atoms with Crippen LogP contribution in [0.4, 0.5) is 14.5 Å². The fourth-order valence-corrected chi connectivity index (χ4v) is 9.96. The van der Waals surface area contributed by atoms with Gasteiger partial charge in [-0.2, -0.15) is 0 Å². The average molecular weight is 588 g/mol. The number of allylic oxidation sites excluding steroid dienone is 5. The summed E-state index contributed by atoms with van der Waals surface area (Å²) in [6.45, 7) is 10.3. The molecule has 3 aliphatic heterocycles. The number of rotatable bonds is 6. The molecule has 42 heavy (non-hydrogen) atoms. The van der Waals surface area contributed by atoms with E-state index in [1.54, 1.807) is 26.4 Å². The highest BCUT2D eigenvalue weighted by atomic mass is 28.3. The van der Waals surface area contributed by atoms with E-state index in [0.29, 0.717) is 56.1 Å². The molecule has 2 fully saturated rings. The minimum Gasteiger partial charge on any atom is -0.496 e. The number of ether oxygens (including phenoxy) is 2. The van der Waals surface area contributed by atoms with E-state index in [-0.39, 0.29) is 5.78 Å². The van der Waals surface area contributed by atoms with Gasteiger partial charge in [-0.15, -0.1) is 6.58 Å². The SMILES string of the molecule is C=C[Si]1(C)C2=CC(=[N+]3CCC(F)C3)C=CC2=C(c2c(OC)cc(C(C)=O)cc2OC)c2ccc(N3CCC(F)C3)cc21. The lowest BCUT2D eigenvalue weighted by Crippen LogP contribution is -2.51. The van der Waals surface area contributed by atoms with Crippen LogP contribution in [-0.4, -0.2) is 76.9 Å². The van der Waals surface area contributed by atoms with E-state index in [0.717, 1.165) is 33.7 Å². The molecule has 3 heterocycles. The number of carbonyl (C=O) groups is 1. The highest BCUT2D eigenvalue weighted by molar-refractivity contribution is 7.02. The smallest absolute Gasteiger partial charge is 0.199 e. The molecule has 6 rings (SSSR count). The Morgan fingerprint density at radius 3 is 2.40 bits per heavy atom. The Morgan fingerprint density at radius 2 is 1.83 bits per heavy atom. The summed E-state index contributed by atoms with van der Waals surface area (Å²) < 4.78 is 42.4. The van der Waals surface area contributed by atoms with E-state index in [1.165, 1.54) is 17.3 Å². The Labute approximate surface area is 247 Å². The van der Waals surface area contributed by atoms with Crippen molar-refractivity contribution < 1.29 is 27.6 Å². The van der Waals surface area contributed by atoms with Crippen molar-refractivity contribution in [3.63, 3.8) is 0 Å². The van der Waals surface area contributed by atoms with Gasteiger partial charge in [-0.3, -0.25) is 4.79 Å². The second-order valence-electron chi connectivity index (χ2n) is 11.7. The van der Waals surface area contributed by atoms with E-state index in [4.69, 9.17) is 9.47 Å². The van der Waals surface area contributed by atoms with Crippen LogP contribution in [0.25, 0.3) is 5.57 Å². The zero-order chi connectivity index (χ0) is 29.8. The highest BCUT2D eigenvalue weighted by Gasteiger charge is 2.44. The Morgan fingerprint density at radius 1 is 1.10 bits per heavy atom. The van der Waals surface area contributed by atoms with Gasteiger partial charge in [0, 0.05) is 48.5 Å². The van der Waals surface area contributed by atoms with Gasteiger partial charge in [-0.1, -0.05) is 18.3 Å². The summed E-state index contributed by atoms with van der Waals surface area (Å²) in [4.78, 5) is 14.5. The number of carbonyl (C=O) groups excluding carboxylic acids is 1. The lowest BCUT2D eigenvalue weighted by molar-refractivity contribution is -0.507. The molecule has 0 saturated carbocycles. The third-order valence-electron chi connectivity index (χ3n) is 9.23. The molecule has 2 aromatic carbocycles. The van der Waals surface area contributed by atoms with Crippen LogP contribution >= 0.6 is 0 Å². The van der Waals surface area contributed by atoms with Gasteiger partial charge >= 0.3 is 0 Å². The van der Waals surface area contributed by atoms with Crippen molar-refractivity contribution in [2.24, 2.45) is 0 Å². The summed E-state index contributed by atoms with van der Waals surface area (Å²) >= 11 is 0. The summed E-state index contributed by atoms with van der Waals surface area (Å²) in [5, 5.41) is 2.34. The van der Waals surface area contributed by atoms with Crippen molar-refractivity contribution in [3.05, 3.63) is 88.3 Å². The van der Waals surface area contributed by atoms with Gasteiger partial charge in [0.2, 0.25) is 0 Å². The fraction of sp³-hybridized carbons (Fsp3) is 0.353. The van der Waals surface area contributed by atoms with Crippen molar-refractivity contribution in [1.82, 2.24) is 0 Å². The third kappa shape index (κ3) is 4.56. The molecule has 2 saturated heterocycles. The van der Waals surface area contributed by atoms with Gasteiger partial charge in [-0.25, -0.2) is 13.4 Å². The number of ketones is 1. The first-order valence-corrected chi connectivity index (χ1v) is 17.1. The van der Waals surface area contributed by atoms with Crippen molar-refractivity contribution in [2.45, 2.75) is 38.7 Å². The minimum absolute atomic E-state index is 0.0814. The lowest BCUT2D eigenvalue weighted by atomic mass is 9.87. The quantitative estimate of drug-likeness (QED) is 0.254. The first-order chi connectivity index (χ1) is 20.2. The van der Waals surface area contributed by atoms with E-state index in [1.807, 2.05) is 0 Å². The first-order valence-electron chi connectivity index (χ1n) is 14.5. The molecule has 0 radical (unpaired) electrons. The molecule has 0 N–H and O–H groups in total. The fourth-order valence-electron chi connectivity index (χ4n) is 6.80. The Bertz CT molecular complexity index is 1600.